The molecule has 134 valence electrons. The van der Waals surface area contributed by atoms with E-state index in [2.05, 4.69) is 4.98 Å². The van der Waals surface area contributed by atoms with Crippen molar-refractivity contribution in [2.45, 2.75) is 6.61 Å². The molecule has 0 spiro atoms. The summed E-state index contributed by atoms with van der Waals surface area (Å²) < 4.78 is 7.73. The van der Waals surface area contributed by atoms with Gasteiger partial charge in [0.2, 0.25) is 0 Å². The number of ether oxygens (including phenoxy) is 1. The molecule has 0 saturated heterocycles. The first-order valence-electron chi connectivity index (χ1n) is 8.11. The van der Waals surface area contributed by atoms with Gasteiger partial charge in [-0.15, -0.1) is 0 Å². The van der Waals surface area contributed by atoms with Crippen LogP contribution in [0, 0.1) is 0 Å². The highest BCUT2D eigenvalue weighted by Crippen LogP contribution is 2.23. The van der Waals surface area contributed by atoms with Crippen molar-refractivity contribution >= 4 is 50.2 Å². The summed E-state index contributed by atoms with van der Waals surface area (Å²) in [5.41, 5.74) is 1.88. The fraction of sp³-hybridized carbons (Fsp3) is 0.0500. The van der Waals surface area contributed by atoms with Crippen LogP contribution in [0.4, 0.5) is 0 Å². The van der Waals surface area contributed by atoms with Crippen molar-refractivity contribution < 1.29 is 9.53 Å². The molecule has 0 radical (unpaired) electrons. The minimum absolute atomic E-state index is 0.0657. The molecule has 0 aliphatic rings. The Morgan fingerprint density at radius 3 is 2.78 bits per heavy atom. The van der Waals surface area contributed by atoms with E-state index in [1.165, 1.54) is 23.5 Å². The Morgan fingerprint density at radius 2 is 1.96 bits per heavy atom. The number of esters is 1. The number of hydrogen-bond donors (Lipinski definition) is 0. The Hall–Kier alpha value is -2.96. The zero-order valence-electron chi connectivity index (χ0n) is 14.0. The zero-order chi connectivity index (χ0) is 18.8. The minimum atomic E-state index is -0.511. The van der Waals surface area contributed by atoms with Crippen LogP contribution in [0.2, 0.25) is 5.02 Å². The Morgan fingerprint density at radius 1 is 1.19 bits per heavy atom. The van der Waals surface area contributed by atoms with Crippen LogP contribution in [-0.2, 0) is 16.1 Å². The number of thiazole rings is 1. The van der Waals surface area contributed by atoms with Crippen molar-refractivity contribution in [2.75, 3.05) is 0 Å². The third-order valence-electron chi connectivity index (χ3n) is 3.89. The van der Waals surface area contributed by atoms with Gasteiger partial charge in [0.15, 0.2) is 4.96 Å². The summed E-state index contributed by atoms with van der Waals surface area (Å²) >= 11 is 7.24. The number of aromatic nitrogens is 2. The molecule has 0 amide bonds. The molecule has 0 aliphatic heterocycles. The van der Waals surface area contributed by atoms with Gasteiger partial charge >= 0.3 is 5.97 Å². The highest BCUT2D eigenvalue weighted by molar-refractivity contribution is 7.23. The van der Waals surface area contributed by atoms with Crippen LogP contribution in [0.5, 0.6) is 0 Å². The fourth-order valence-electron chi connectivity index (χ4n) is 2.63. The highest BCUT2D eigenvalue weighted by Gasteiger charge is 2.10. The van der Waals surface area contributed by atoms with Gasteiger partial charge < -0.3 is 4.74 Å². The normalized spacial score (nSPS) is 11.4. The van der Waals surface area contributed by atoms with E-state index in [0.717, 1.165) is 15.8 Å². The summed E-state index contributed by atoms with van der Waals surface area (Å²) in [6.45, 7) is -0.0657. The van der Waals surface area contributed by atoms with Gasteiger partial charge in [0, 0.05) is 17.2 Å². The molecule has 0 bridgehead atoms. The monoisotopic (exact) mass is 396 g/mol. The molecule has 5 nitrogen and oxygen atoms in total. The van der Waals surface area contributed by atoms with Crippen LogP contribution in [0.3, 0.4) is 0 Å². The third kappa shape index (κ3) is 3.77. The maximum absolute atomic E-state index is 12.4. The fourth-order valence-corrected chi connectivity index (χ4v) is 3.80. The zero-order valence-corrected chi connectivity index (χ0v) is 15.5. The van der Waals surface area contributed by atoms with Crippen molar-refractivity contribution in [3.63, 3.8) is 0 Å². The van der Waals surface area contributed by atoms with Crippen LogP contribution < -0.4 is 5.56 Å². The van der Waals surface area contributed by atoms with Crippen molar-refractivity contribution in [3.8, 4) is 0 Å². The van der Waals surface area contributed by atoms with Crippen LogP contribution in [0.1, 0.15) is 11.3 Å². The number of para-hydroxylation sites is 1. The summed E-state index contributed by atoms with van der Waals surface area (Å²) in [5, 5.41) is 0.628. The molecule has 0 saturated carbocycles. The molecule has 7 heteroatoms. The molecular weight excluding hydrogens is 384 g/mol. The molecule has 2 heterocycles. The topological polar surface area (TPSA) is 60.7 Å². The number of halogens is 1. The Balaban J connectivity index is 1.50. The number of carbonyl (C=O) groups excluding carboxylic acids is 1. The average molecular weight is 397 g/mol. The van der Waals surface area contributed by atoms with Crippen molar-refractivity contribution in [3.05, 3.63) is 87.3 Å². The lowest BCUT2D eigenvalue weighted by Gasteiger charge is -2.02. The van der Waals surface area contributed by atoms with E-state index in [4.69, 9.17) is 16.3 Å². The first kappa shape index (κ1) is 17.5. The summed E-state index contributed by atoms with van der Waals surface area (Å²) in [5.74, 6) is -0.511. The van der Waals surface area contributed by atoms with E-state index >= 15 is 0 Å². The molecule has 2 aromatic heterocycles. The van der Waals surface area contributed by atoms with Gasteiger partial charge in [-0.3, -0.25) is 9.20 Å². The van der Waals surface area contributed by atoms with E-state index in [0.29, 0.717) is 15.7 Å². The lowest BCUT2D eigenvalue weighted by atomic mass is 10.2. The molecule has 27 heavy (non-hydrogen) atoms. The Kier molecular flexibility index (Phi) is 4.75. The van der Waals surface area contributed by atoms with Gasteiger partial charge in [0.1, 0.15) is 6.61 Å². The van der Waals surface area contributed by atoms with E-state index in [9.17, 15) is 9.59 Å². The molecule has 0 atom stereocenters. The average Bonchev–Trinajstić information content (AvgIpc) is 3.05. The third-order valence-corrected chi connectivity index (χ3v) is 5.17. The van der Waals surface area contributed by atoms with Gasteiger partial charge in [-0.05, 0) is 35.9 Å². The van der Waals surface area contributed by atoms with Crippen LogP contribution in [0.15, 0.2) is 65.5 Å². The number of nitrogens with zero attached hydrogens (tertiary/aromatic N) is 2. The standard InChI is InChI=1S/C20H13ClN2O3S/c21-14-8-5-13(6-9-14)7-10-19(25)26-12-15-11-18(24)23-16-3-1-2-4-17(16)27-20(23)22-15/h1-11H,12H2/b10-7+. The molecule has 4 rings (SSSR count). The van der Waals surface area contributed by atoms with Crippen LogP contribution in [0.25, 0.3) is 21.3 Å². The number of rotatable bonds is 4. The Labute approximate surface area is 163 Å². The quantitative estimate of drug-likeness (QED) is 0.380. The van der Waals surface area contributed by atoms with Crippen molar-refractivity contribution in [1.29, 1.82) is 0 Å². The van der Waals surface area contributed by atoms with Crippen molar-refractivity contribution in [1.82, 2.24) is 9.38 Å². The highest BCUT2D eigenvalue weighted by atomic mass is 35.5. The second-order valence-corrected chi connectivity index (χ2v) is 7.21. The number of benzene rings is 2. The maximum Gasteiger partial charge on any atom is 0.331 e. The van der Waals surface area contributed by atoms with E-state index in [1.807, 2.05) is 24.3 Å². The van der Waals surface area contributed by atoms with Gasteiger partial charge in [-0.2, -0.15) is 0 Å². The molecule has 0 N–H and O–H groups in total. The largest absolute Gasteiger partial charge is 0.456 e. The van der Waals surface area contributed by atoms with E-state index in [1.54, 1.807) is 34.7 Å². The SMILES string of the molecule is O=C(/C=C/c1ccc(Cl)cc1)OCc1cc(=O)n2c(n1)sc1ccccc12. The van der Waals surface area contributed by atoms with Gasteiger partial charge in [-0.25, -0.2) is 9.78 Å². The second kappa shape index (κ2) is 7.34. The number of carbonyl (C=O) groups is 1. The summed E-state index contributed by atoms with van der Waals surface area (Å²) in [7, 11) is 0. The summed E-state index contributed by atoms with van der Waals surface area (Å²) in [6.07, 6.45) is 2.96. The van der Waals surface area contributed by atoms with Crippen LogP contribution >= 0.6 is 22.9 Å². The predicted molar refractivity (Wildman–Crippen MR) is 107 cm³/mol. The van der Waals surface area contributed by atoms with Crippen LogP contribution in [-0.4, -0.2) is 15.4 Å². The molecule has 0 aliphatic carbocycles. The van der Waals surface area contributed by atoms with Gasteiger partial charge in [0.05, 0.1) is 15.9 Å². The minimum Gasteiger partial charge on any atom is -0.456 e. The lowest BCUT2D eigenvalue weighted by molar-refractivity contribution is -0.139. The lowest BCUT2D eigenvalue weighted by Crippen LogP contribution is -2.14. The molecule has 0 fully saturated rings. The molecule has 0 unspecified atom stereocenters. The predicted octanol–water partition coefficient (Wildman–Crippen LogP) is 4.32. The first-order valence-corrected chi connectivity index (χ1v) is 9.30. The summed E-state index contributed by atoms with van der Waals surface area (Å²) in [6, 6.07) is 16.1. The molecular formula is C20H13ClN2O3S. The van der Waals surface area contributed by atoms with Gasteiger partial charge in [-0.1, -0.05) is 47.2 Å². The number of fused-ring (bicyclic) bond motifs is 3. The summed E-state index contributed by atoms with van der Waals surface area (Å²) in [4.78, 5) is 29.3. The maximum atomic E-state index is 12.4. The van der Waals surface area contributed by atoms with Gasteiger partial charge in [0.25, 0.3) is 5.56 Å². The Bertz CT molecular complexity index is 1230. The molecule has 4 aromatic rings. The van der Waals surface area contributed by atoms with E-state index < -0.39 is 5.97 Å². The smallest absolute Gasteiger partial charge is 0.331 e. The number of hydrogen-bond acceptors (Lipinski definition) is 5. The second-order valence-electron chi connectivity index (χ2n) is 5.77. The van der Waals surface area contributed by atoms with Crippen molar-refractivity contribution in [2.24, 2.45) is 0 Å². The van der Waals surface area contributed by atoms with E-state index in [-0.39, 0.29) is 12.2 Å². The first-order chi connectivity index (χ1) is 13.1. The molecule has 2 aromatic carbocycles.